The Kier molecular flexibility index (Phi) is 3.59. The molecule has 2 nitrogen and oxygen atoms in total. The second kappa shape index (κ2) is 5.15. The van der Waals surface area contributed by atoms with Crippen LogP contribution in [0.5, 0.6) is 5.75 Å². The molecule has 0 atom stereocenters. The normalized spacial score (nSPS) is 10.2. The number of ether oxygens (including phenoxy) is 1. The lowest BCUT2D eigenvalue weighted by atomic mass is 10.2. The molecule has 0 aliphatic heterocycles. The number of hydrogen-bond donors (Lipinski definition) is 1. The number of methoxy groups -OCH3 is 1. The summed E-state index contributed by atoms with van der Waals surface area (Å²) in [4.78, 5) is 2.33. The fourth-order valence-corrected chi connectivity index (χ4v) is 2.57. The minimum Gasteiger partial charge on any atom is -0.497 e. The quantitative estimate of drug-likeness (QED) is 0.837. The number of nitrogen functional groups attached to an aromatic ring is 1. The van der Waals surface area contributed by atoms with Gasteiger partial charge in [0.05, 0.1) is 7.11 Å². The van der Waals surface area contributed by atoms with E-state index in [0.29, 0.717) is 0 Å². The summed E-state index contributed by atoms with van der Waals surface area (Å²) in [5.74, 6) is 0.793. The van der Waals surface area contributed by atoms with Gasteiger partial charge in [0.2, 0.25) is 0 Å². The van der Waals surface area contributed by atoms with Crippen LogP contribution in [0.3, 0.4) is 0 Å². The minimum absolute atomic E-state index is 0.723. The van der Waals surface area contributed by atoms with Crippen LogP contribution < -0.4 is 10.5 Å². The first-order valence-electron chi connectivity index (χ1n) is 5.37. The lowest BCUT2D eigenvalue weighted by molar-refractivity contribution is 0.414. The maximum atomic E-state index is 5.83. The topological polar surface area (TPSA) is 35.2 Å². The van der Waals surface area contributed by atoms with Gasteiger partial charge in [-0.1, -0.05) is 30.0 Å². The third kappa shape index (κ3) is 2.94. The van der Waals surface area contributed by atoms with E-state index < -0.39 is 0 Å². The Balaban J connectivity index is 2.30. The highest BCUT2D eigenvalue weighted by Gasteiger charge is 2.03. The molecule has 0 radical (unpaired) electrons. The Hall–Kier alpha value is -1.61. The average molecular weight is 245 g/mol. The Morgan fingerprint density at radius 3 is 2.59 bits per heavy atom. The zero-order valence-electron chi connectivity index (χ0n) is 9.94. The molecule has 0 bridgehead atoms. The van der Waals surface area contributed by atoms with Crippen LogP contribution >= 0.6 is 11.8 Å². The molecular weight excluding hydrogens is 230 g/mol. The van der Waals surface area contributed by atoms with Crippen LogP contribution in [0, 0.1) is 6.92 Å². The predicted molar refractivity (Wildman–Crippen MR) is 72.7 cm³/mol. The van der Waals surface area contributed by atoms with E-state index in [9.17, 15) is 0 Å². The molecule has 88 valence electrons. The van der Waals surface area contributed by atoms with E-state index in [2.05, 4.69) is 19.1 Å². The lowest BCUT2D eigenvalue weighted by Crippen LogP contribution is -1.89. The summed E-state index contributed by atoms with van der Waals surface area (Å²) in [5, 5.41) is 0. The highest BCUT2D eigenvalue weighted by Crippen LogP contribution is 2.33. The molecule has 2 aromatic rings. The van der Waals surface area contributed by atoms with Gasteiger partial charge in [0.1, 0.15) is 5.75 Å². The Morgan fingerprint density at radius 1 is 1.12 bits per heavy atom. The third-order valence-corrected chi connectivity index (χ3v) is 3.61. The molecule has 2 aromatic carbocycles. The number of benzene rings is 2. The molecule has 0 saturated heterocycles. The van der Waals surface area contributed by atoms with E-state index in [-0.39, 0.29) is 0 Å². The Bertz CT molecular complexity index is 525. The van der Waals surface area contributed by atoms with Gasteiger partial charge in [0.25, 0.3) is 0 Å². The van der Waals surface area contributed by atoms with Gasteiger partial charge in [-0.25, -0.2) is 0 Å². The van der Waals surface area contributed by atoms with Crippen molar-refractivity contribution in [3.05, 3.63) is 48.0 Å². The Labute approximate surface area is 106 Å². The fraction of sp³-hybridized carbons (Fsp3) is 0.143. The standard InChI is InChI=1S/C14H15NOS/c1-10-5-3-4-6-14(10)17-13-8-11(15)7-12(9-13)16-2/h3-9H,15H2,1-2H3. The third-order valence-electron chi connectivity index (χ3n) is 2.46. The largest absolute Gasteiger partial charge is 0.497 e. The van der Waals surface area contributed by atoms with E-state index in [1.54, 1.807) is 18.9 Å². The van der Waals surface area contributed by atoms with Crippen LogP contribution in [0.2, 0.25) is 0 Å². The first-order valence-corrected chi connectivity index (χ1v) is 6.19. The van der Waals surface area contributed by atoms with E-state index in [4.69, 9.17) is 10.5 Å². The molecule has 0 aromatic heterocycles. The number of rotatable bonds is 3. The van der Waals surface area contributed by atoms with Crippen molar-refractivity contribution in [2.75, 3.05) is 12.8 Å². The highest BCUT2D eigenvalue weighted by molar-refractivity contribution is 7.99. The second-order valence-electron chi connectivity index (χ2n) is 3.81. The summed E-state index contributed by atoms with van der Waals surface area (Å²) in [7, 11) is 1.65. The first-order chi connectivity index (χ1) is 8.19. The number of nitrogens with two attached hydrogens (primary N) is 1. The van der Waals surface area contributed by atoms with Gasteiger partial charge in [-0.2, -0.15) is 0 Å². The summed E-state index contributed by atoms with van der Waals surface area (Å²) in [6.07, 6.45) is 0. The monoisotopic (exact) mass is 245 g/mol. The zero-order chi connectivity index (χ0) is 12.3. The van der Waals surface area contributed by atoms with Crippen LogP contribution in [-0.4, -0.2) is 7.11 Å². The summed E-state index contributed by atoms with van der Waals surface area (Å²) in [6, 6.07) is 14.1. The summed E-state index contributed by atoms with van der Waals surface area (Å²) in [6.45, 7) is 2.10. The van der Waals surface area contributed by atoms with Gasteiger partial charge in [0, 0.05) is 21.5 Å². The maximum Gasteiger partial charge on any atom is 0.122 e. The van der Waals surface area contributed by atoms with E-state index in [1.807, 2.05) is 30.3 Å². The van der Waals surface area contributed by atoms with Crippen molar-refractivity contribution in [1.29, 1.82) is 0 Å². The second-order valence-corrected chi connectivity index (χ2v) is 4.92. The average Bonchev–Trinajstić information content (AvgIpc) is 2.31. The lowest BCUT2D eigenvalue weighted by Gasteiger charge is -2.08. The van der Waals surface area contributed by atoms with Gasteiger partial charge < -0.3 is 10.5 Å². The number of anilines is 1. The van der Waals surface area contributed by atoms with Gasteiger partial charge in [0.15, 0.2) is 0 Å². The van der Waals surface area contributed by atoms with Crippen LogP contribution in [-0.2, 0) is 0 Å². The van der Waals surface area contributed by atoms with Crippen LogP contribution in [0.25, 0.3) is 0 Å². The van der Waals surface area contributed by atoms with Gasteiger partial charge in [-0.3, -0.25) is 0 Å². The fourth-order valence-electron chi connectivity index (χ4n) is 1.57. The number of hydrogen-bond acceptors (Lipinski definition) is 3. The van der Waals surface area contributed by atoms with E-state index >= 15 is 0 Å². The van der Waals surface area contributed by atoms with Crippen LogP contribution in [0.15, 0.2) is 52.3 Å². The molecule has 0 spiro atoms. The van der Waals surface area contributed by atoms with Crippen LogP contribution in [0.4, 0.5) is 5.69 Å². The SMILES string of the molecule is COc1cc(N)cc(Sc2ccccc2C)c1. The van der Waals surface area contributed by atoms with Gasteiger partial charge >= 0.3 is 0 Å². The molecule has 2 N–H and O–H groups in total. The van der Waals surface area contributed by atoms with E-state index in [1.165, 1.54) is 10.5 Å². The summed E-state index contributed by atoms with van der Waals surface area (Å²) < 4.78 is 5.21. The highest BCUT2D eigenvalue weighted by atomic mass is 32.2. The van der Waals surface area contributed by atoms with Gasteiger partial charge in [-0.05, 0) is 30.7 Å². The first kappa shape index (κ1) is 11.9. The van der Waals surface area contributed by atoms with Crippen molar-refractivity contribution in [2.45, 2.75) is 16.7 Å². The summed E-state index contributed by atoms with van der Waals surface area (Å²) >= 11 is 1.70. The predicted octanol–water partition coefficient (Wildman–Crippen LogP) is 3.74. The van der Waals surface area contributed by atoms with Crippen molar-refractivity contribution in [3.8, 4) is 5.75 Å². The smallest absolute Gasteiger partial charge is 0.122 e. The molecule has 2 rings (SSSR count). The molecular formula is C14H15NOS. The van der Waals surface area contributed by atoms with Crippen molar-refractivity contribution in [2.24, 2.45) is 0 Å². The number of aryl methyl sites for hydroxylation is 1. The summed E-state index contributed by atoms with van der Waals surface area (Å²) in [5.41, 5.74) is 7.82. The molecule has 0 fully saturated rings. The molecule has 0 saturated carbocycles. The molecule has 3 heteroatoms. The minimum atomic E-state index is 0.723. The van der Waals surface area contributed by atoms with Gasteiger partial charge in [-0.15, -0.1) is 0 Å². The zero-order valence-corrected chi connectivity index (χ0v) is 10.8. The Morgan fingerprint density at radius 2 is 1.88 bits per heavy atom. The molecule has 0 aliphatic carbocycles. The molecule has 0 heterocycles. The maximum absolute atomic E-state index is 5.83. The molecule has 17 heavy (non-hydrogen) atoms. The van der Waals surface area contributed by atoms with Crippen molar-refractivity contribution < 1.29 is 4.74 Å². The van der Waals surface area contributed by atoms with Crippen molar-refractivity contribution >= 4 is 17.4 Å². The molecule has 0 amide bonds. The molecule has 0 aliphatic rings. The van der Waals surface area contributed by atoms with Crippen LogP contribution in [0.1, 0.15) is 5.56 Å². The van der Waals surface area contributed by atoms with Crippen molar-refractivity contribution in [3.63, 3.8) is 0 Å². The van der Waals surface area contributed by atoms with E-state index in [0.717, 1.165) is 16.3 Å². The van der Waals surface area contributed by atoms with Crippen molar-refractivity contribution in [1.82, 2.24) is 0 Å². The molecule has 0 unspecified atom stereocenters.